The van der Waals surface area contributed by atoms with E-state index in [1.54, 1.807) is 0 Å². The van der Waals surface area contributed by atoms with Crippen molar-refractivity contribution < 1.29 is 36.9 Å². The van der Waals surface area contributed by atoms with Crippen LogP contribution in [0.15, 0.2) is 24.3 Å². The van der Waals surface area contributed by atoms with Gasteiger partial charge in [-0.2, -0.15) is 23.1 Å². The third-order valence-electron chi connectivity index (χ3n) is 9.82. The lowest BCUT2D eigenvalue weighted by Gasteiger charge is -2.31. The zero-order chi connectivity index (χ0) is 32.2. The van der Waals surface area contributed by atoms with Crippen molar-refractivity contribution in [2.75, 3.05) is 58.0 Å². The summed E-state index contributed by atoms with van der Waals surface area (Å²) in [6.07, 6.45) is -0.655. The van der Waals surface area contributed by atoms with Gasteiger partial charge in [0, 0.05) is 31.8 Å². The van der Waals surface area contributed by atoms with Crippen molar-refractivity contribution in [2.45, 2.75) is 62.6 Å². The number of benzene rings is 1. The Bertz CT molecular complexity index is 1680. The Morgan fingerprint density at radius 3 is 2.76 bits per heavy atom. The maximum absolute atomic E-state index is 16.9. The van der Waals surface area contributed by atoms with Crippen LogP contribution in [0.2, 0.25) is 0 Å². The number of pyridine rings is 1. The predicted octanol–water partition coefficient (Wildman–Crippen LogP) is 5.93. The zero-order valence-electron chi connectivity index (χ0n) is 25.8. The number of anilines is 1. The summed E-state index contributed by atoms with van der Waals surface area (Å²) in [5.41, 5.74) is 0.437. The fourth-order valence-electron chi connectivity index (χ4n) is 7.81. The van der Waals surface area contributed by atoms with Gasteiger partial charge in [-0.05, 0) is 74.8 Å². The molecule has 13 heteroatoms. The first-order valence-electron chi connectivity index (χ1n) is 15.8. The van der Waals surface area contributed by atoms with Crippen molar-refractivity contribution in [3.05, 3.63) is 41.2 Å². The number of phenols is 1. The lowest BCUT2D eigenvalue weighted by molar-refractivity contribution is -0.153. The Balaban J connectivity index is 1.41. The highest BCUT2D eigenvalue weighted by molar-refractivity contribution is 5.97. The van der Waals surface area contributed by atoms with Crippen LogP contribution in [-0.4, -0.2) is 89.8 Å². The van der Waals surface area contributed by atoms with Gasteiger partial charge in [-0.1, -0.05) is 12.2 Å². The molecule has 2 unspecified atom stereocenters. The normalized spacial score (nSPS) is 23.8. The molecule has 0 saturated carbocycles. The van der Waals surface area contributed by atoms with Gasteiger partial charge >= 0.3 is 12.2 Å². The van der Waals surface area contributed by atoms with Gasteiger partial charge in [0.25, 0.3) is 0 Å². The standard InChI is InChI=1S/C33H37F4N5O4/c1-19-16-32(8-4-10-42(32)17-19)18-46-31-39-28-25(29(40-31)41-9-5-12-45-13-11-41)30(44-2)38-27(26(28)34)22-15-21(43)14-20-6-3-7-23(24(20)22)33(35,36)37/h14-15,23,43H,1,3-13,16-18H2,2H3. The quantitative estimate of drug-likeness (QED) is 0.259. The molecule has 3 aliphatic heterocycles. The van der Waals surface area contributed by atoms with E-state index in [0.717, 1.165) is 44.0 Å². The molecule has 0 amide bonds. The third-order valence-corrected chi connectivity index (χ3v) is 9.82. The summed E-state index contributed by atoms with van der Waals surface area (Å²) in [4.78, 5) is 18.0. The van der Waals surface area contributed by atoms with E-state index in [2.05, 4.69) is 21.4 Å². The smallest absolute Gasteiger partial charge is 0.395 e. The van der Waals surface area contributed by atoms with Crippen LogP contribution in [0.3, 0.4) is 0 Å². The summed E-state index contributed by atoms with van der Waals surface area (Å²) in [6.45, 7) is 8.20. The minimum Gasteiger partial charge on any atom is -0.508 e. The second kappa shape index (κ2) is 11.8. The highest BCUT2D eigenvalue weighted by Gasteiger charge is 2.47. The molecule has 0 bridgehead atoms. The minimum absolute atomic E-state index is 0.0396. The number of fused-ring (bicyclic) bond motifs is 3. The fraction of sp³-hybridized carbons (Fsp3) is 0.545. The van der Waals surface area contributed by atoms with Crippen LogP contribution >= 0.6 is 0 Å². The van der Waals surface area contributed by atoms with Gasteiger partial charge in [-0.25, -0.2) is 9.37 Å². The van der Waals surface area contributed by atoms with Crippen molar-refractivity contribution in [1.82, 2.24) is 19.9 Å². The number of hydrogen-bond donors (Lipinski definition) is 1. The Hall–Kier alpha value is -3.71. The molecule has 3 saturated heterocycles. The SMILES string of the molecule is C=C1CN2CCCC2(COc2nc(N3CCCOCC3)c3c(OC)nc(-c4cc(O)cc5c4C(C(F)(F)F)CCC5)c(F)c3n2)C1. The number of aromatic hydroxyl groups is 1. The van der Waals surface area contributed by atoms with Gasteiger partial charge in [-0.15, -0.1) is 0 Å². The summed E-state index contributed by atoms with van der Waals surface area (Å²) in [6, 6.07) is 2.42. The Morgan fingerprint density at radius 2 is 1.96 bits per heavy atom. The molecule has 2 atom stereocenters. The maximum Gasteiger partial charge on any atom is 0.395 e. The molecular formula is C33H37F4N5O4. The number of nitrogens with zero attached hydrogens (tertiary/aromatic N) is 5. The minimum atomic E-state index is -4.57. The van der Waals surface area contributed by atoms with E-state index >= 15 is 4.39 Å². The molecule has 0 spiro atoms. The summed E-state index contributed by atoms with van der Waals surface area (Å²) < 4.78 is 77.5. The highest BCUT2D eigenvalue weighted by Crippen LogP contribution is 2.49. The molecule has 4 aliphatic rings. The number of aromatic nitrogens is 3. The van der Waals surface area contributed by atoms with Crippen LogP contribution in [0.5, 0.6) is 17.6 Å². The van der Waals surface area contributed by atoms with E-state index in [-0.39, 0.29) is 63.9 Å². The van der Waals surface area contributed by atoms with Crippen LogP contribution in [-0.2, 0) is 11.2 Å². The molecule has 9 nitrogen and oxygen atoms in total. The number of hydrogen-bond acceptors (Lipinski definition) is 9. The molecule has 3 aromatic rings. The van der Waals surface area contributed by atoms with Gasteiger partial charge in [-0.3, -0.25) is 4.90 Å². The lowest BCUT2D eigenvalue weighted by Crippen LogP contribution is -2.43. The molecule has 2 aromatic heterocycles. The maximum atomic E-state index is 16.9. The third kappa shape index (κ3) is 5.40. The molecule has 1 aliphatic carbocycles. The van der Waals surface area contributed by atoms with E-state index in [9.17, 15) is 18.3 Å². The zero-order valence-corrected chi connectivity index (χ0v) is 25.8. The van der Waals surface area contributed by atoms with Crippen LogP contribution in [0.25, 0.3) is 22.2 Å². The van der Waals surface area contributed by atoms with E-state index in [4.69, 9.17) is 19.2 Å². The van der Waals surface area contributed by atoms with E-state index in [0.29, 0.717) is 56.9 Å². The molecule has 7 rings (SSSR count). The highest BCUT2D eigenvalue weighted by atomic mass is 19.4. The summed E-state index contributed by atoms with van der Waals surface area (Å²) in [5.74, 6) is -2.73. The Labute approximate surface area is 264 Å². The number of phenolic OH excluding ortho intramolecular Hbond substituents is 1. The topological polar surface area (TPSA) is 93.1 Å². The average Bonchev–Trinajstić information content (AvgIpc) is 3.40. The second-order valence-electron chi connectivity index (χ2n) is 12.8. The van der Waals surface area contributed by atoms with Crippen molar-refractivity contribution in [3.63, 3.8) is 0 Å². The van der Waals surface area contributed by atoms with E-state index < -0.39 is 17.9 Å². The Morgan fingerprint density at radius 1 is 1.11 bits per heavy atom. The number of ether oxygens (including phenoxy) is 3. The Kier molecular flexibility index (Phi) is 7.95. The first-order valence-corrected chi connectivity index (χ1v) is 15.8. The lowest BCUT2D eigenvalue weighted by atomic mass is 9.78. The molecule has 3 fully saturated rings. The number of methoxy groups -OCH3 is 1. The van der Waals surface area contributed by atoms with Gasteiger partial charge in [0.2, 0.25) is 5.88 Å². The molecule has 1 aromatic carbocycles. The predicted molar refractivity (Wildman–Crippen MR) is 163 cm³/mol. The fourth-order valence-corrected chi connectivity index (χ4v) is 7.81. The summed E-state index contributed by atoms with van der Waals surface area (Å²) in [5, 5.41) is 10.8. The summed E-state index contributed by atoms with van der Waals surface area (Å²) >= 11 is 0. The number of alkyl halides is 3. The van der Waals surface area contributed by atoms with Crippen molar-refractivity contribution >= 4 is 16.7 Å². The monoisotopic (exact) mass is 643 g/mol. The molecule has 46 heavy (non-hydrogen) atoms. The summed E-state index contributed by atoms with van der Waals surface area (Å²) in [7, 11) is 1.36. The average molecular weight is 644 g/mol. The van der Waals surface area contributed by atoms with Crippen molar-refractivity contribution in [1.29, 1.82) is 0 Å². The number of aryl methyl sites for hydroxylation is 1. The van der Waals surface area contributed by atoms with Gasteiger partial charge in [0.05, 0.1) is 25.2 Å². The molecule has 5 heterocycles. The second-order valence-corrected chi connectivity index (χ2v) is 12.8. The number of halogens is 4. The molecular weight excluding hydrogens is 606 g/mol. The first-order chi connectivity index (χ1) is 22.1. The van der Waals surface area contributed by atoms with Gasteiger partial charge < -0.3 is 24.2 Å². The van der Waals surface area contributed by atoms with Gasteiger partial charge in [0.15, 0.2) is 5.82 Å². The van der Waals surface area contributed by atoms with Crippen molar-refractivity contribution in [2.24, 2.45) is 0 Å². The molecule has 1 N–H and O–H groups in total. The van der Waals surface area contributed by atoms with E-state index in [1.807, 2.05) is 4.90 Å². The largest absolute Gasteiger partial charge is 0.508 e. The molecule has 0 radical (unpaired) electrons. The van der Waals surface area contributed by atoms with Crippen LogP contribution in [0.4, 0.5) is 23.4 Å². The van der Waals surface area contributed by atoms with Gasteiger partial charge in [0.1, 0.15) is 34.8 Å². The van der Waals surface area contributed by atoms with Crippen LogP contribution in [0.1, 0.15) is 55.6 Å². The van der Waals surface area contributed by atoms with Crippen LogP contribution in [0, 0.1) is 5.82 Å². The van der Waals surface area contributed by atoms with Crippen molar-refractivity contribution in [3.8, 4) is 28.9 Å². The number of rotatable bonds is 6. The van der Waals surface area contributed by atoms with E-state index in [1.165, 1.54) is 13.2 Å². The van der Waals surface area contributed by atoms with Crippen LogP contribution < -0.4 is 14.4 Å². The first kappa shape index (κ1) is 30.9. The molecule has 246 valence electrons.